The number of nitrogens with zero attached hydrogens (tertiary/aromatic N) is 6. The molecule has 0 saturated heterocycles. The number of nitrogens with one attached hydrogen (secondary N) is 1. The van der Waals surface area contributed by atoms with E-state index < -0.39 is 0 Å². The first-order chi connectivity index (χ1) is 8.86. The Bertz CT molecular complexity index is 476. The summed E-state index contributed by atoms with van der Waals surface area (Å²) in [6, 6.07) is 2.41. The van der Waals surface area contributed by atoms with E-state index in [1.165, 1.54) is 12.8 Å². The maximum absolute atomic E-state index is 9.19. The fraction of sp³-hybridized carbons (Fsp3) is 0.636. The zero-order chi connectivity index (χ0) is 12.8. The van der Waals surface area contributed by atoms with E-state index in [1.54, 1.807) is 12.5 Å². The Labute approximate surface area is 105 Å². The second-order valence-corrected chi connectivity index (χ2v) is 4.28. The van der Waals surface area contributed by atoms with Crippen molar-refractivity contribution in [2.45, 2.75) is 31.3 Å². The third kappa shape index (κ3) is 3.00. The summed E-state index contributed by atoms with van der Waals surface area (Å²) in [5.41, 5.74) is 9.07. The number of imidazole rings is 1. The average Bonchev–Trinajstić information content (AvgIpc) is 3.13. The molecule has 1 unspecified atom stereocenters. The predicted octanol–water partition coefficient (Wildman–Crippen LogP) is 2.07. The minimum atomic E-state index is -0.348. The molecule has 0 aromatic carbocycles. The van der Waals surface area contributed by atoms with E-state index in [9.17, 15) is 5.26 Å². The standard InChI is InChI=1S/C11H15N7/c12-6-10(15-4-1-5-16-17-13)11-7-14-8-18(11)9-2-3-9/h7-10,15H,1-5H2. The molecule has 0 spiro atoms. The number of rotatable bonds is 7. The van der Waals surface area contributed by atoms with E-state index in [0.29, 0.717) is 19.1 Å². The number of nitriles is 1. The van der Waals surface area contributed by atoms with Gasteiger partial charge >= 0.3 is 0 Å². The minimum absolute atomic E-state index is 0.348. The average molecular weight is 245 g/mol. The van der Waals surface area contributed by atoms with Crippen LogP contribution in [0.25, 0.3) is 10.4 Å². The Morgan fingerprint density at radius 2 is 2.56 bits per heavy atom. The Kier molecular flexibility index (Phi) is 4.18. The molecule has 1 aromatic heterocycles. The number of aromatic nitrogens is 2. The largest absolute Gasteiger partial charge is 0.329 e. The van der Waals surface area contributed by atoms with Crippen molar-refractivity contribution in [3.63, 3.8) is 0 Å². The molecule has 1 heterocycles. The molecule has 0 aliphatic heterocycles. The highest BCUT2D eigenvalue weighted by Gasteiger charge is 2.27. The molecule has 7 nitrogen and oxygen atoms in total. The minimum Gasteiger partial charge on any atom is -0.329 e. The molecular formula is C11H15N7. The fourth-order valence-corrected chi connectivity index (χ4v) is 1.85. The Hall–Kier alpha value is -2.03. The first-order valence-electron chi connectivity index (χ1n) is 6.02. The van der Waals surface area contributed by atoms with Gasteiger partial charge in [-0.3, -0.25) is 5.32 Å². The molecule has 18 heavy (non-hydrogen) atoms. The lowest BCUT2D eigenvalue weighted by atomic mass is 10.2. The van der Waals surface area contributed by atoms with Crippen LogP contribution in [0.1, 0.15) is 37.0 Å². The van der Waals surface area contributed by atoms with E-state index in [4.69, 9.17) is 5.53 Å². The van der Waals surface area contributed by atoms with Crippen LogP contribution in [0.4, 0.5) is 0 Å². The Morgan fingerprint density at radius 3 is 3.22 bits per heavy atom. The summed E-state index contributed by atoms with van der Waals surface area (Å²) < 4.78 is 2.08. The fourth-order valence-electron chi connectivity index (χ4n) is 1.85. The third-order valence-corrected chi connectivity index (χ3v) is 2.91. The van der Waals surface area contributed by atoms with Gasteiger partial charge in [0.25, 0.3) is 0 Å². The van der Waals surface area contributed by atoms with Gasteiger partial charge in [-0.2, -0.15) is 5.26 Å². The molecule has 0 amide bonds. The number of hydrogen-bond acceptors (Lipinski definition) is 4. The van der Waals surface area contributed by atoms with Crippen molar-refractivity contribution in [1.82, 2.24) is 14.9 Å². The molecular weight excluding hydrogens is 230 g/mol. The van der Waals surface area contributed by atoms with Crippen LogP contribution in [-0.2, 0) is 0 Å². The van der Waals surface area contributed by atoms with Crippen molar-refractivity contribution in [1.29, 1.82) is 5.26 Å². The van der Waals surface area contributed by atoms with Gasteiger partial charge < -0.3 is 4.57 Å². The lowest BCUT2D eigenvalue weighted by Gasteiger charge is -2.13. The summed E-state index contributed by atoms with van der Waals surface area (Å²) >= 11 is 0. The molecule has 2 rings (SSSR count). The van der Waals surface area contributed by atoms with Gasteiger partial charge in [0.15, 0.2) is 0 Å². The first kappa shape index (κ1) is 12.4. The van der Waals surface area contributed by atoms with Gasteiger partial charge in [-0.05, 0) is 31.3 Å². The molecule has 1 saturated carbocycles. The van der Waals surface area contributed by atoms with E-state index in [0.717, 1.165) is 12.1 Å². The molecule has 1 atom stereocenters. The Morgan fingerprint density at radius 1 is 1.72 bits per heavy atom. The van der Waals surface area contributed by atoms with Crippen molar-refractivity contribution >= 4 is 0 Å². The van der Waals surface area contributed by atoms with Crippen LogP contribution in [0.3, 0.4) is 0 Å². The molecule has 0 radical (unpaired) electrons. The molecule has 0 bridgehead atoms. The highest BCUT2D eigenvalue weighted by atomic mass is 15.1. The SMILES string of the molecule is N#CC(NCCCN=[N+]=[N-])c1cncn1C1CC1. The van der Waals surface area contributed by atoms with E-state index in [2.05, 4.69) is 31.0 Å². The lowest BCUT2D eigenvalue weighted by Crippen LogP contribution is -2.23. The van der Waals surface area contributed by atoms with Crippen LogP contribution in [-0.4, -0.2) is 22.6 Å². The van der Waals surface area contributed by atoms with Gasteiger partial charge in [0.05, 0.1) is 24.3 Å². The summed E-state index contributed by atoms with van der Waals surface area (Å²) in [6.45, 7) is 1.09. The summed E-state index contributed by atoms with van der Waals surface area (Å²) in [5, 5.41) is 15.8. The highest BCUT2D eigenvalue weighted by Crippen LogP contribution is 2.36. The molecule has 1 fully saturated rings. The van der Waals surface area contributed by atoms with Crippen molar-refractivity contribution < 1.29 is 0 Å². The van der Waals surface area contributed by atoms with Gasteiger partial charge in [-0.1, -0.05) is 5.11 Å². The van der Waals surface area contributed by atoms with E-state index in [-0.39, 0.29) is 6.04 Å². The second kappa shape index (κ2) is 6.05. The summed E-state index contributed by atoms with van der Waals surface area (Å²) in [7, 11) is 0. The second-order valence-electron chi connectivity index (χ2n) is 4.28. The smallest absolute Gasteiger partial charge is 0.138 e. The maximum atomic E-state index is 9.19. The zero-order valence-corrected chi connectivity index (χ0v) is 10.0. The number of hydrogen-bond donors (Lipinski definition) is 1. The molecule has 94 valence electrons. The summed E-state index contributed by atoms with van der Waals surface area (Å²) in [4.78, 5) is 6.80. The first-order valence-corrected chi connectivity index (χ1v) is 6.02. The molecule has 1 aromatic rings. The van der Waals surface area contributed by atoms with Gasteiger partial charge in [0, 0.05) is 17.5 Å². The zero-order valence-electron chi connectivity index (χ0n) is 10.0. The van der Waals surface area contributed by atoms with E-state index in [1.807, 2.05) is 0 Å². The van der Waals surface area contributed by atoms with Crippen molar-refractivity contribution in [2.24, 2.45) is 5.11 Å². The summed E-state index contributed by atoms with van der Waals surface area (Å²) in [5.74, 6) is 0. The highest BCUT2D eigenvalue weighted by molar-refractivity contribution is 5.15. The quantitative estimate of drug-likeness (QED) is 0.344. The van der Waals surface area contributed by atoms with Gasteiger partial charge in [0.2, 0.25) is 0 Å². The van der Waals surface area contributed by atoms with Crippen LogP contribution in [0.15, 0.2) is 17.6 Å². The Balaban J connectivity index is 1.89. The normalized spacial score (nSPS) is 15.7. The lowest BCUT2D eigenvalue weighted by molar-refractivity contribution is 0.563. The van der Waals surface area contributed by atoms with Crippen molar-refractivity contribution in [3.8, 4) is 6.07 Å². The molecule has 1 aliphatic carbocycles. The van der Waals surface area contributed by atoms with Crippen LogP contribution in [0, 0.1) is 11.3 Å². The maximum Gasteiger partial charge on any atom is 0.138 e. The van der Waals surface area contributed by atoms with Crippen molar-refractivity contribution in [2.75, 3.05) is 13.1 Å². The van der Waals surface area contributed by atoms with Gasteiger partial charge in [-0.25, -0.2) is 4.98 Å². The van der Waals surface area contributed by atoms with Gasteiger partial charge in [0.1, 0.15) is 6.04 Å². The van der Waals surface area contributed by atoms with Crippen molar-refractivity contribution in [3.05, 3.63) is 28.7 Å². The topological polar surface area (TPSA) is 102 Å². The number of azide groups is 1. The molecule has 1 N–H and O–H groups in total. The van der Waals surface area contributed by atoms with Crippen LogP contribution in [0.2, 0.25) is 0 Å². The van der Waals surface area contributed by atoms with Crippen LogP contribution in [0.5, 0.6) is 0 Å². The van der Waals surface area contributed by atoms with Crippen LogP contribution >= 0.6 is 0 Å². The molecule has 1 aliphatic rings. The van der Waals surface area contributed by atoms with Crippen LogP contribution < -0.4 is 5.32 Å². The summed E-state index contributed by atoms with van der Waals surface area (Å²) in [6.07, 6.45) is 6.59. The monoisotopic (exact) mass is 245 g/mol. The van der Waals surface area contributed by atoms with E-state index >= 15 is 0 Å². The third-order valence-electron chi connectivity index (χ3n) is 2.91. The predicted molar refractivity (Wildman–Crippen MR) is 65.5 cm³/mol. The van der Waals surface area contributed by atoms with Gasteiger partial charge in [-0.15, -0.1) is 0 Å². The molecule has 7 heteroatoms.